The molecule has 2 aromatic rings. The second kappa shape index (κ2) is 10.3. The summed E-state index contributed by atoms with van der Waals surface area (Å²) in [6.45, 7) is 7.93. The minimum Gasteiger partial charge on any atom is -0.486 e. The number of hydrogen-bond acceptors (Lipinski definition) is 4. The zero-order valence-electron chi connectivity index (χ0n) is 16.9. The fourth-order valence-corrected chi connectivity index (χ4v) is 3.40. The number of hydrogen-bond donors (Lipinski definition) is 2. The highest BCUT2D eigenvalue weighted by molar-refractivity contribution is 5.99. The van der Waals surface area contributed by atoms with Crippen molar-refractivity contribution in [3.8, 4) is 11.5 Å². The molecule has 0 radical (unpaired) electrons. The van der Waals surface area contributed by atoms with Gasteiger partial charge in [0.05, 0.1) is 0 Å². The van der Waals surface area contributed by atoms with Crippen LogP contribution >= 0.6 is 0 Å². The van der Waals surface area contributed by atoms with E-state index in [1.807, 2.05) is 12.1 Å². The Morgan fingerprint density at radius 2 is 1.57 bits per heavy atom. The van der Waals surface area contributed by atoms with Crippen LogP contribution in [-0.4, -0.2) is 25.0 Å². The Balaban J connectivity index is 0.000000171. The van der Waals surface area contributed by atoms with Gasteiger partial charge in [-0.3, -0.25) is 9.59 Å². The molecule has 2 N–H and O–H groups in total. The fourth-order valence-electron chi connectivity index (χ4n) is 3.40. The number of fused-ring (bicyclic) bond motifs is 2. The van der Waals surface area contributed by atoms with Crippen LogP contribution in [0.5, 0.6) is 11.5 Å². The van der Waals surface area contributed by atoms with Gasteiger partial charge < -0.3 is 20.1 Å². The van der Waals surface area contributed by atoms with Crippen molar-refractivity contribution in [2.75, 3.05) is 23.8 Å². The first-order valence-electron chi connectivity index (χ1n) is 9.98. The van der Waals surface area contributed by atoms with Crippen LogP contribution in [0.25, 0.3) is 0 Å². The molecule has 2 amide bonds. The standard InChI is InChI=1S/C13H15NO.C11H11NO3/c1-2-13(15)14-12-9-5-7-10-6-3-4-8-11(10)12;1-2-11(13)12-8-3-4-9-10(7-8)15-6-5-14-9/h2,5,7,9H,1,3-4,6,8H2,(H,14,15);2-4,7H,1,5-6H2,(H,12,13). The summed E-state index contributed by atoms with van der Waals surface area (Å²) in [6, 6.07) is 11.4. The Labute approximate surface area is 176 Å². The van der Waals surface area contributed by atoms with E-state index in [9.17, 15) is 9.59 Å². The summed E-state index contributed by atoms with van der Waals surface area (Å²) in [5.41, 5.74) is 4.31. The minimum absolute atomic E-state index is 0.131. The maximum atomic E-state index is 11.2. The van der Waals surface area contributed by atoms with E-state index in [0.717, 1.165) is 18.5 Å². The lowest BCUT2D eigenvalue weighted by atomic mass is 9.90. The minimum atomic E-state index is -0.244. The number of nitrogens with one attached hydrogen (secondary N) is 2. The van der Waals surface area contributed by atoms with Crippen molar-refractivity contribution < 1.29 is 19.1 Å². The Hall–Kier alpha value is -3.54. The van der Waals surface area contributed by atoms with Gasteiger partial charge >= 0.3 is 0 Å². The predicted molar refractivity (Wildman–Crippen MR) is 118 cm³/mol. The zero-order valence-corrected chi connectivity index (χ0v) is 16.9. The summed E-state index contributed by atoms with van der Waals surface area (Å²) in [7, 11) is 0. The third kappa shape index (κ3) is 5.50. The third-order valence-corrected chi connectivity index (χ3v) is 4.83. The molecule has 2 aliphatic rings. The molecular weight excluding hydrogens is 380 g/mol. The monoisotopic (exact) mass is 406 g/mol. The number of carbonyl (C=O) groups excluding carboxylic acids is 2. The Morgan fingerprint density at radius 1 is 0.867 bits per heavy atom. The van der Waals surface area contributed by atoms with Crippen molar-refractivity contribution in [1.29, 1.82) is 0 Å². The van der Waals surface area contributed by atoms with Crippen molar-refractivity contribution in [3.05, 3.63) is 72.8 Å². The van der Waals surface area contributed by atoms with Gasteiger partial charge in [-0.15, -0.1) is 0 Å². The molecule has 2 aromatic carbocycles. The highest BCUT2D eigenvalue weighted by atomic mass is 16.6. The molecule has 0 saturated heterocycles. The van der Waals surface area contributed by atoms with E-state index >= 15 is 0 Å². The van der Waals surface area contributed by atoms with Gasteiger partial charge in [-0.1, -0.05) is 25.3 Å². The van der Waals surface area contributed by atoms with E-state index in [4.69, 9.17) is 9.47 Å². The highest BCUT2D eigenvalue weighted by Crippen LogP contribution is 2.32. The van der Waals surface area contributed by atoms with E-state index in [2.05, 4.69) is 29.9 Å². The number of carbonyl (C=O) groups is 2. The molecular formula is C24H26N2O4. The third-order valence-electron chi connectivity index (χ3n) is 4.83. The van der Waals surface area contributed by atoms with Gasteiger partial charge in [0, 0.05) is 17.4 Å². The smallest absolute Gasteiger partial charge is 0.247 e. The first-order chi connectivity index (χ1) is 14.6. The molecule has 0 spiro atoms. The Morgan fingerprint density at radius 3 is 2.33 bits per heavy atom. The summed E-state index contributed by atoms with van der Waals surface area (Å²) < 4.78 is 10.7. The largest absolute Gasteiger partial charge is 0.486 e. The average molecular weight is 406 g/mol. The van der Waals surface area contributed by atoms with Crippen LogP contribution < -0.4 is 20.1 Å². The molecule has 0 fully saturated rings. The first kappa shape index (κ1) is 21.2. The normalized spacial score (nSPS) is 13.6. The summed E-state index contributed by atoms with van der Waals surface area (Å²) in [5, 5.41) is 5.51. The van der Waals surface area contributed by atoms with Gasteiger partial charge in [0.2, 0.25) is 11.8 Å². The van der Waals surface area contributed by atoms with Crippen molar-refractivity contribution >= 4 is 23.2 Å². The van der Waals surface area contributed by atoms with E-state index in [1.54, 1.807) is 18.2 Å². The highest BCUT2D eigenvalue weighted by Gasteiger charge is 2.13. The van der Waals surface area contributed by atoms with Crippen LogP contribution in [0, 0.1) is 0 Å². The second-order valence-electron chi connectivity index (χ2n) is 6.90. The molecule has 1 aliphatic carbocycles. The van der Waals surface area contributed by atoms with Crippen LogP contribution in [0.4, 0.5) is 11.4 Å². The lowest BCUT2D eigenvalue weighted by Gasteiger charge is -2.19. The molecule has 30 heavy (non-hydrogen) atoms. The molecule has 0 unspecified atom stereocenters. The quantitative estimate of drug-likeness (QED) is 0.744. The van der Waals surface area contributed by atoms with Crippen LogP contribution in [0.15, 0.2) is 61.7 Å². The Bertz CT molecular complexity index is 950. The molecule has 0 aromatic heterocycles. The van der Waals surface area contributed by atoms with Crippen molar-refractivity contribution in [3.63, 3.8) is 0 Å². The molecule has 156 valence electrons. The van der Waals surface area contributed by atoms with Crippen molar-refractivity contribution in [2.24, 2.45) is 0 Å². The number of amides is 2. The number of ether oxygens (including phenoxy) is 2. The molecule has 0 atom stereocenters. The number of anilines is 2. The van der Waals surface area contributed by atoms with Crippen LogP contribution in [-0.2, 0) is 22.4 Å². The molecule has 6 heteroatoms. The van der Waals surface area contributed by atoms with Crippen molar-refractivity contribution in [1.82, 2.24) is 0 Å². The van der Waals surface area contributed by atoms with Gasteiger partial charge in [-0.2, -0.15) is 0 Å². The van der Waals surface area contributed by atoms with Crippen LogP contribution in [0.1, 0.15) is 24.0 Å². The van der Waals surface area contributed by atoms with Gasteiger partial charge in [0.15, 0.2) is 11.5 Å². The molecule has 0 saturated carbocycles. The molecule has 1 heterocycles. The predicted octanol–water partition coefficient (Wildman–Crippen LogP) is 4.27. The molecule has 4 rings (SSSR count). The van der Waals surface area contributed by atoms with Gasteiger partial charge in [-0.25, -0.2) is 0 Å². The van der Waals surface area contributed by atoms with E-state index in [0.29, 0.717) is 30.4 Å². The van der Waals surface area contributed by atoms with Crippen LogP contribution in [0.2, 0.25) is 0 Å². The van der Waals surface area contributed by atoms with E-state index < -0.39 is 0 Å². The molecule has 0 bridgehead atoms. The topological polar surface area (TPSA) is 76.7 Å². The number of aryl methyl sites for hydroxylation is 1. The fraction of sp³-hybridized carbons (Fsp3) is 0.250. The molecule has 6 nitrogen and oxygen atoms in total. The summed E-state index contributed by atoms with van der Waals surface area (Å²) in [5.74, 6) is 0.988. The average Bonchev–Trinajstić information content (AvgIpc) is 2.79. The van der Waals surface area contributed by atoms with Gasteiger partial charge in [-0.05, 0) is 67.2 Å². The van der Waals surface area contributed by atoms with E-state index in [1.165, 1.54) is 36.1 Å². The summed E-state index contributed by atoms with van der Waals surface area (Å²) in [4.78, 5) is 22.3. The summed E-state index contributed by atoms with van der Waals surface area (Å²) in [6.07, 6.45) is 7.20. The first-order valence-corrected chi connectivity index (χ1v) is 9.98. The number of benzene rings is 2. The number of rotatable bonds is 4. The summed E-state index contributed by atoms with van der Waals surface area (Å²) >= 11 is 0. The van der Waals surface area contributed by atoms with Crippen LogP contribution in [0.3, 0.4) is 0 Å². The van der Waals surface area contributed by atoms with E-state index in [-0.39, 0.29) is 11.8 Å². The molecule has 1 aliphatic heterocycles. The van der Waals surface area contributed by atoms with Gasteiger partial charge in [0.25, 0.3) is 0 Å². The lowest BCUT2D eigenvalue weighted by Crippen LogP contribution is -2.15. The lowest BCUT2D eigenvalue weighted by molar-refractivity contribution is -0.112. The second-order valence-corrected chi connectivity index (χ2v) is 6.90. The zero-order chi connectivity index (χ0) is 21.3. The maximum absolute atomic E-state index is 11.2. The maximum Gasteiger partial charge on any atom is 0.247 e. The van der Waals surface area contributed by atoms with Crippen molar-refractivity contribution in [2.45, 2.75) is 25.7 Å². The van der Waals surface area contributed by atoms with Gasteiger partial charge in [0.1, 0.15) is 13.2 Å². The SMILES string of the molecule is C=CC(=O)Nc1ccc2c(c1)OCCO2.C=CC(=O)Nc1cccc2c1CCCC2. The Kier molecular flexibility index (Phi) is 7.27.